The van der Waals surface area contributed by atoms with Crippen LogP contribution >= 0.6 is 23.4 Å². The summed E-state index contributed by atoms with van der Waals surface area (Å²) in [6.45, 7) is 0.461. The van der Waals surface area contributed by atoms with E-state index in [0.717, 1.165) is 16.8 Å². The highest BCUT2D eigenvalue weighted by atomic mass is 35.5. The Morgan fingerprint density at radius 3 is 2.60 bits per heavy atom. The number of carbonyl (C=O) groups excluding carboxylic acids is 1. The smallest absolute Gasteiger partial charge is 0.230 e. The summed E-state index contributed by atoms with van der Waals surface area (Å²) < 4.78 is 1.44. The predicted octanol–water partition coefficient (Wildman–Crippen LogP) is 3.33. The van der Waals surface area contributed by atoms with Crippen molar-refractivity contribution in [3.63, 3.8) is 0 Å². The molecule has 1 aromatic heterocycles. The van der Waals surface area contributed by atoms with Crippen molar-refractivity contribution < 1.29 is 4.79 Å². The maximum absolute atomic E-state index is 12.0. The molecule has 5 nitrogen and oxygen atoms in total. The molecule has 0 spiro atoms. The lowest BCUT2D eigenvalue weighted by Gasteiger charge is -2.05. The molecule has 0 unspecified atom stereocenters. The maximum atomic E-state index is 12.0. The summed E-state index contributed by atoms with van der Waals surface area (Å²) in [4.78, 5) is 16.5. The van der Waals surface area contributed by atoms with E-state index in [1.54, 1.807) is 18.3 Å². The SMILES string of the molecule is Nn1cc(-c2ccccc2)nc1SCC(=O)NCc1ccc(Cl)cc1. The fourth-order valence-corrected chi connectivity index (χ4v) is 3.07. The molecule has 0 aliphatic rings. The third-order valence-electron chi connectivity index (χ3n) is 3.50. The molecule has 0 atom stereocenters. The molecule has 0 saturated carbocycles. The lowest BCUT2D eigenvalue weighted by Crippen LogP contribution is -2.24. The molecule has 7 heteroatoms. The number of carbonyl (C=O) groups is 1. The highest BCUT2D eigenvalue weighted by Gasteiger charge is 2.10. The van der Waals surface area contributed by atoms with Crippen molar-refractivity contribution in [2.24, 2.45) is 0 Å². The fourth-order valence-electron chi connectivity index (χ4n) is 2.22. The largest absolute Gasteiger partial charge is 0.351 e. The Labute approximate surface area is 155 Å². The third-order valence-corrected chi connectivity index (χ3v) is 4.72. The van der Waals surface area contributed by atoms with Gasteiger partial charge in [-0.05, 0) is 17.7 Å². The Kier molecular flexibility index (Phi) is 5.63. The molecule has 0 aliphatic heterocycles. The van der Waals surface area contributed by atoms with E-state index >= 15 is 0 Å². The zero-order chi connectivity index (χ0) is 17.6. The summed E-state index contributed by atoms with van der Waals surface area (Å²) >= 11 is 7.14. The first-order valence-corrected chi connectivity index (χ1v) is 9.02. The van der Waals surface area contributed by atoms with Crippen LogP contribution < -0.4 is 11.2 Å². The molecule has 0 bridgehead atoms. The van der Waals surface area contributed by atoms with Crippen LogP contribution in [0.25, 0.3) is 11.3 Å². The zero-order valence-electron chi connectivity index (χ0n) is 13.4. The number of nitrogens with zero attached hydrogens (tertiary/aromatic N) is 2. The number of nitrogens with one attached hydrogen (secondary N) is 1. The number of hydrogen-bond donors (Lipinski definition) is 2. The Bertz CT molecular complexity index is 849. The molecule has 0 fully saturated rings. The van der Waals surface area contributed by atoms with Crippen LogP contribution in [0.15, 0.2) is 66.0 Å². The van der Waals surface area contributed by atoms with Crippen molar-refractivity contribution in [3.05, 3.63) is 71.4 Å². The minimum Gasteiger partial charge on any atom is -0.351 e. The molecule has 0 radical (unpaired) electrons. The van der Waals surface area contributed by atoms with E-state index in [1.165, 1.54) is 16.4 Å². The van der Waals surface area contributed by atoms with Crippen LogP contribution in [-0.2, 0) is 11.3 Å². The standard InChI is InChI=1S/C18H17ClN4OS/c19-15-8-6-13(7-9-15)10-21-17(24)12-25-18-22-16(11-23(18)20)14-4-2-1-3-5-14/h1-9,11H,10,12,20H2,(H,21,24). The minimum absolute atomic E-state index is 0.0794. The van der Waals surface area contributed by atoms with E-state index in [2.05, 4.69) is 10.3 Å². The number of hydrogen-bond acceptors (Lipinski definition) is 4. The molecule has 3 N–H and O–H groups in total. The number of halogens is 1. The van der Waals surface area contributed by atoms with Gasteiger partial charge in [0.05, 0.1) is 17.6 Å². The topological polar surface area (TPSA) is 72.9 Å². The van der Waals surface area contributed by atoms with Gasteiger partial charge < -0.3 is 11.2 Å². The lowest BCUT2D eigenvalue weighted by atomic mass is 10.2. The molecule has 1 heterocycles. The Hall–Kier alpha value is -2.44. The van der Waals surface area contributed by atoms with Crippen LogP contribution in [0.3, 0.4) is 0 Å². The van der Waals surface area contributed by atoms with Crippen molar-refractivity contribution in [1.29, 1.82) is 0 Å². The average Bonchev–Trinajstić information content (AvgIpc) is 3.01. The molecule has 3 rings (SSSR count). The van der Waals surface area contributed by atoms with E-state index < -0.39 is 0 Å². The van der Waals surface area contributed by atoms with Gasteiger partial charge >= 0.3 is 0 Å². The van der Waals surface area contributed by atoms with E-state index in [1.807, 2.05) is 42.5 Å². The first kappa shape index (κ1) is 17.4. The molecule has 25 heavy (non-hydrogen) atoms. The Morgan fingerprint density at radius 2 is 1.88 bits per heavy atom. The third kappa shape index (κ3) is 4.78. The van der Waals surface area contributed by atoms with Gasteiger partial charge in [-0.2, -0.15) is 0 Å². The van der Waals surface area contributed by atoms with Gasteiger partial charge in [0.1, 0.15) is 0 Å². The number of nitrogen functional groups attached to an aromatic ring is 1. The quantitative estimate of drug-likeness (QED) is 0.514. The number of nitrogens with two attached hydrogens (primary N) is 1. The minimum atomic E-state index is -0.0794. The van der Waals surface area contributed by atoms with Crippen molar-refractivity contribution in [2.45, 2.75) is 11.7 Å². The summed E-state index contributed by atoms with van der Waals surface area (Å²) in [5.41, 5.74) is 2.77. The second-order valence-corrected chi connectivity index (χ2v) is 6.75. The predicted molar refractivity (Wildman–Crippen MR) is 102 cm³/mol. The number of benzene rings is 2. The van der Waals surface area contributed by atoms with Crippen LogP contribution in [0.2, 0.25) is 5.02 Å². The van der Waals surface area contributed by atoms with Crippen molar-refractivity contribution in [2.75, 3.05) is 11.6 Å². The van der Waals surface area contributed by atoms with Gasteiger partial charge in [-0.3, -0.25) is 4.79 Å². The van der Waals surface area contributed by atoms with Crippen LogP contribution in [0, 0.1) is 0 Å². The first-order chi connectivity index (χ1) is 12.1. The molecule has 0 saturated heterocycles. The summed E-state index contributed by atoms with van der Waals surface area (Å²) in [7, 11) is 0. The van der Waals surface area contributed by atoms with Gasteiger partial charge in [-0.15, -0.1) is 0 Å². The van der Waals surface area contributed by atoms with Crippen molar-refractivity contribution in [1.82, 2.24) is 15.0 Å². The summed E-state index contributed by atoms with van der Waals surface area (Å²) in [5.74, 6) is 6.10. The van der Waals surface area contributed by atoms with Gasteiger partial charge in [0.15, 0.2) is 5.16 Å². The van der Waals surface area contributed by atoms with Crippen LogP contribution in [0.1, 0.15) is 5.56 Å². The molecular formula is C18H17ClN4OS. The Morgan fingerprint density at radius 1 is 1.16 bits per heavy atom. The maximum Gasteiger partial charge on any atom is 0.230 e. The van der Waals surface area contributed by atoms with Gasteiger partial charge in [-0.25, -0.2) is 9.66 Å². The highest BCUT2D eigenvalue weighted by molar-refractivity contribution is 7.99. The van der Waals surface area contributed by atoms with Gasteiger partial charge in [-0.1, -0.05) is 65.8 Å². The lowest BCUT2D eigenvalue weighted by molar-refractivity contribution is -0.118. The Balaban J connectivity index is 1.53. The molecule has 3 aromatic rings. The number of rotatable bonds is 6. The van der Waals surface area contributed by atoms with Crippen LogP contribution in [0.4, 0.5) is 0 Å². The average molecular weight is 373 g/mol. The summed E-state index contributed by atoms with van der Waals surface area (Å²) in [6, 6.07) is 17.1. The monoisotopic (exact) mass is 372 g/mol. The number of imidazole rings is 1. The van der Waals surface area contributed by atoms with Gasteiger partial charge in [0.2, 0.25) is 5.91 Å². The fraction of sp³-hybridized carbons (Fsp3) is 0.111. The van der Waals surface area contributed by atoms with Crippen molar-refractivity contribution in [3.8, 4) is 11.3 Å². The van der Waals surface area contributed by atoms with E-state index in [0.29, 0.717) is 16.7 Å². The summed E-state index contributed by atoms with van der Waals surface area (Å²) in [6.07, 6.45) is 1.75. The highest BCUT2D eigenvalue weighted by Crippen LogP contribution is 2.22. The van der Waals surface area contributed by atoms with E-state index in [9.17, 15) is 4.79 Å². The second-order valence-electron chi connectivity index (χ2n) is 5.37. The van der Waals surface area contributed by atoms with Crippen molar-refractivity contribution >= 4 is 29.3 Å². The molecule has 128 valence electrons. The zero-order valence-corrected chi connectivity index (χ0v) is 14.9. The van der Waals surface area contributed by atoms with Gasteiger partial charge in [0, 0.05) is 17.1 Å². The van der Waals surface area contributed by atoms with E-state index in [-0.39, 0.29) is 11.7 Å². The molecular weight excluding hydrogens is 356 g/mol. The molecule has 0 aliphatic carbocycles. The van der Waals surface area contributed by atoms with Crippen LogP contribution in [0.5, 0.6) is 0 Å². The van der Waals surface area contributed by atoms with Gasteiger partial charge in [0.25, 0.3) is 0 Å². The number of aromatic nitrogens is 2. The summed E-state index contributed by atoms with van der Waals surface area (Å²) in [5, 5.41) is 4.14. The second kappa shape index (κ2) is 8.09. The molecule has 1 amide bonds. The van der Waals surface area contributed by atoms with Crippen LogP contribution in [-0.4, -0.2) is 21.3 Å². The molecule has 2 aromatic carbocycles. The number of amides is 1. The van der Waals surface area contributed by atoms with E-state index in [4.69, 9.17) is 17.4 Å². The normalized spacial score (nSPS) is 10.6. The number of thioether (sulfide) groups is 1. The first-order valence-electron chi connectivity index (χ1n) is 7.65.